The molecule has 1 aromatic rings. The molecular weight excluding hydrogens is 154 g/mol. The topological polar surface area (TPSA) is 35.3 Å². The Balaban J connectivity index is 2.15. The van der Waals surface area contributed by atoms with Gasteiger partial charge in [-0.25, -0.2) is 0 Å². The van der Waals surface area contributed by atoms with Gasteiger partial charge in [-0.1, -0.05) is 5.16 Å². The first-order valence-electron chi connectivity index (χ1n) is 2.96. The van der Waals surface area contributed by atoms with Gasteiger partial charge < -0.3 is 9.26 Å². The van der Waals surface area contributed by atoms with Crippen molar-refractivity contribution in [1.82, 2.24) is 5.16 Å². The van der Waals surface area contributed by atoms with Crippen molar-refractivity contribution >= 4 is 11.6 Å². The fourth-order valence-corrected chi connectivity index (χ4v) is 0.652. The van der Waals surface area contributed by atoms with Gasteiger partial charge in [0, 0.05) is 11.9 Å². The summed E-state index contributed by atoms with van der Waals surface area (Å²) < 4.78 is 9.65. The summed E-state index contributed by atoms with van der Waals surface area (Å²) in [5, 5.41) is 3.64. The minimum atomic E-state index is 0.475. The van der Waals surface area contributed by atoms with Crippen LogP contribution in [-0.4, -0.2) is 17.6 Å². The summed E-state index contributed by atoms with van der Waals surface area (Å²) in [5.74, 6) is 0.512. The van der Waals surface area contributed by atoms with Gasteiger partial charge in [0.15, 0.2) is 0 Å². The predicted octanol–water partition coefficient (Wildman–Crippen LogP) is 1.43. The molecule has 1 rings (SSSR count). The first kappa shape index (κ1) is 7.57. The van der Waals surface area contributed by atoms with Gasteiger partial charge >= 0.3 is 0 Å². The number of hydrogen-bond donors (Lipinski definition) is 0. The quantitative estimate of drug-likeness (QED) is 0.495. The van der Waals surface area contributed by atoms with E-state index in [9.17, 15) is 0 Å². The Morgan fingerprint density at radius 2 is 2.60 bits per heavy atom. The zero-order valence-corrected chi connectivity index (χ0v) is 6.17. The molecule has 0 fully saturated rings. The van der Waals surface area contributed by atoms with Gasteiger partial charge in [-0.05, 0) is 0 Å². The molecule has 0 aliphatic rings. The van der Waals surface area contributed by atoms with Gasteiger partial charge in [0.05, 0.1) is 13.2 Å². The lowest BCUT2D eigenvalue weighted by atomic mass is 10.5. The van der Waals surface area contributed by atoms with Crippen molar-refractivity contribution in [1.29, 1.82) is 0 Å². The minimum Gasteiger partial charge on any atom is -0.374 e. The number of alkyl halides is 1. The summed E-state index contributed by atoms with van der Waals surface area (Å²) in [5.41, 5.74) is 0.796. The smallest absolute Gasteiger partial charge is 0.124 e. The van der Waals surface area contributed by atoms with E-state index in [0.717, 1.165) is 5.69 Å². The van der Waals surface area contributed by atoms with E-state index in [2.05, 4.69) is 9.68 Å². The molecule has 1 aromatic heterocycles. The summed E-state index contributed by atoms with van der Waals surface area (Å²) in [6.07, 6.45) is 1.51. The summed E-state index contributed by atoms with van der Waals surface area (Å²) in [4.78, 5) is 0. The van der Waals surface area contributed by atoms with Gasteiger partial charge in [-0.3, -0.25) is 0 Å². The third kappa shape index (κ3) is 2.37. The zero-order valence-electron chi connectivity index (χ0n) is 5.42. The van der Waals surface area contributed by atoms with Crippen LogP contribution in [0.25, 0.3) is 0 Å². The fourth-order valence-electron chi connectivity index (χ4n) is 0.543. The largest absolute Gasteiger partial charge is 0.374 e. The second-order valence-electron chi connectivity index (χ2n) is 1.73. The lowest BCUT2D eigenvalue weighted by Gasteiger charge is -1.95. The highest BCUT2D eigenvalue weighted by Crippen LogP contribution is 1.96. The molecule has 0 aliphatic carbocycles. The second-order valence-corrected chi connectivity index (χ2v) is 2.11. The van der Waals surface area contributed by atoms with Crippen LogP contribution in [0, 0.1) is 0 Å². The van der Waals surface area contributed by atoms with Crippen molar-refractivity contribution in [3.05, 3.63) is 18.0 Å². The Labute approximate surface area is 63.9 Å². The van der Waals surface area contributed by atoms with E-state index in [1.807, 2.05) is 0 Å². The maximum Gasteiger partial charge on any atom is 0.124 e. The van der Waals surface area contributed by atoms with E-state index in [1.54, 1.807) is 6.07 Å². The van der Waals surface area contributed by atoms with Crippen LogP contribution in [0.15, 0.2) is 16.9 Å². The number of ether oxygens (including phenoxy) is 1. The summed E-state index contributed by atoms with van der Waals surface area (Å²) in [7, 11) is 0. The van der Waals surface area contributed by atoms with Crippen LogP contribution in [0.5, 0.6) is 0 Å². The molecule has 56 valence electrons. The molecule has 0 aromatic carbocycles. The molecule has 0 aliphatic heterocycles. The molecule has 4 heteroatoms. The molecule has 0 N–H and O–H groups in total. The van der Waals surface area contributed by atoms with Gasteiger partial charge in [0.2, 0.25) is 0 Å². The maximum absolute atomic E-state index is 5.37. The van der Waals surface area contributed by atoms with E-state index in [-0.39, 0.29) is 0 Å². The Bertz CT molecular complexity index is 164. The molecule has 0 unspecified atom stereocenters. The Morgan fingerprint density at radius 1 is 1.70 bits per heavy atom. The van der Waals surface area contributed by atoms with Crippen molar-refractivity contribution in [2.24, 2.45) is 0 Å². The number of rotatable bonds is 4. The number of nitrogens with zero attached hydrogens (tertiary/aromatic N) is 1. The molecule has 0 bridgehead atoms. The first-order chi connectivity index (χ1) is 4.93. The fraction of sp³-hybridized carbons (Fsp3) is 0.500. The average molecular weight is 162 g/mol. The highest BCUT2D eigenvalue weighted by molar-refractivity contribution is 6.17. The van der Waals surface area contributed by atoms with Crippen molar-refractivity contribution in [3.63, 3.8) is 0 Å². The third-order valence-corrected chi connectivity index (χ3v) is 1.12. The molecule has 0 saturated carbocycles. The minimum absolute atomic E-state index is 0.475. The van der Waals surface area contributed by atoms with Crippen LogP contribution in [0.2, 0.25) is 0 Å². The van der Waals surface area contributed by atoms with Crippen molar-refractivity contribution in [2.75, 3.05) is 12.5 Å². The van der Waals surface area contributed by atoms with Crippen molar-refractivity contribution < 1.29 is 9.26 Å². The molecule has 0 amide bonds. The van der Waals surface area contributed by atoms with E-state index in [4.69, 9.17) is 16.3 Å². The third-order valence-electron chi connectivity index (χ3n) is 0.963. The van der Waals surface area contributed by atoms with Crippen LogP contribution in [0.1, 0.15) is 5.69 Å². The monoisotopic (exact) mass is 161 g/mol. The lowest BCUT2D eigenvalue weighted by Crippen LogP contribution is -1.95. The van der Waals surface area contributed by atoms with Gasteiger partial charge in [0.25, 0.3) is 0 Å². The normalized spacial score (nSPS) is 10.1. The van der Waals surface area contributed by atoms with E-state index in [0.29, 0.717) is 19.1 Å². The molecule has 0 atom stereocenters. The molecular formula is C6H8ClNO2. The second kappa shape index (κ2) is 4.30. The van der Waals surface area contributed by atoms with Crippen LogP contribution in [-0.2, 0) is 11.3 Å². The maximum atomic E-state index is 5.37. The molecule has 0 saturated heterocycles. The summed E-state index contributed by atoms with van der Waals surface area (Å²) in [6, 6.07) is 1.76. The Kier molecular flexibility index (Phi) is 3.26. The highest BCUT2D eigenvalue weighted by atomic mass is 35.5. The summed E-state index contributed by atoms with van der Waals surface area (Å²) in [6.45, 7) is 1.03. The molecule has 0 radical (unpaired) electrons. The number of aromatic nitrogens is 1. The molecule has 1 heterocycles. The average Bonchev–Trinajstić information content (AvgIpc) is 2.41. The Hall–Kier alpha value is -0.540. The van der Waals surface area contributed by atoms with E-state index in [1.165, 1.54) is 6.26 Å². The molecule has 10 heavy (non-hydrogen) atoms. The zero-order chi connectivity index (χ0) is 7.23. The van der Waals surface area contributed by atoms with Crippen LogP contribution < -0.4 is 0 Å². The highest BCUT2D eigenvalue weighted by Gasteiger charge is 1.93. The number of halogens is 1. The van der Waals surface area contributed by atoms with Gasteiger partial charge in [-0.15, -0.1) is 11.6 Å². The number of hydrogen-bond acceptors (Lipinski definition) is 3. The van der Waals surface area contributed by atoms with Crippen LogP contribution in [0.4, 0.5) is 0 Å². The SMILES string of the molecule is ClCCOCc1ccon1. The lowest BCUT2D eigenvalue weighted by molar-refractivity contribution is 0.130. The first-order valence-corrected chi connectivity index (χ1v) is 3.50. The van der Waals surface area contributed by atoms with Crippen LogP contribution in [0.3, 0.4) is 0 Å². The Morgan fingerprint density at radius 3 is 3.20 bits per heavy atom. The van der Waals surface area contributed by atoms with E-state index < -0.39 is 0 Å². The van der Waals surface area contributed by atoms with Gasteiger partial charge in [-0.2, -0.15) is 0 Å². The van der Waals surface area contributed by atoms with Crippen molar-refractivity contribution in [2.45, 2.75) is 6.61 Å². The van der Waals surface area contributed by atoms with Crippen molar-refractivity contribution in [3.8, 4) is 0 Å². The van der Waals surface area contributed by atoms with E-state index >= 15 is 0 Å². The standard InChI is InChI=1S/C6H8ClNO2/c7-2-4-9-5-6-1-3-10-8-6/h1,3H,2,4-5H2. The molecule has 3 nitrogen and oxygen atoms in total. The van der Waals surface area contributed by atoms with Crippen LogP contribution >= 0.6 is 11.6 Å². The van der Waals surface area contributed by atoms with Gasteiger partial charge in [0.1, 0.15) is 12.0 Å². The summed E-state index contributed by atoms with van der Waals surface area (Å²) >= 11 is 5.37. The predicted molar refractivity (Wildman–Crippen MR) is 36.9 cm³/mol. The molecule has 0 spiro atoms.